The highest BCUT2D eigenvalue weighted by Gasteiger charge is 2.09. The molecule has 0 aliphatic carbocycles. The number of anilines is 1. The van der Waals surface area contributed by atoms with E-state index in [0.29, 0.717) is 21.6 Å². The molecular weight excluding hydrogens is 375 g/mol. The Morgan fingerprint density at radius 3 is 2.72 bits per heavy atom. The largest absolute Gasteiger partial charge is 0.298 e. The van der Waals surface area contributed by atoms with E-state index in [0.717, 1.165) is 16.0 Å². The van der Waals surface area contributed by atoms with E-state index in [-0.39, 0.29) is 5.91 Å². The highest BCUT2D eigenvalue weighted by molar-refractivity contribution is 7.15. The number of nitrogens with one attached hydrogen (secondary N) is 1. The van der Waals surface area contributed by atoms with Gasteiger partial charge in [0.05, 0.1) is 10.0 Å². The van der Waals surface area contributed by atoms with Gasteiger partial charge < -0.3 is 0 Å². The van der Waals surface area contributed by atoms with Crippen LogP contribution in [0.2, 0.25) is 10.0 Å². The Kier molecular flexibility index (Phi) is 5.87. The zero-order chi connectivity index (χ0) is 17.6. The smallest absolute Gasteiger partial charge is 0.250 e. The van der Waals surface area contributed by atoms with E-state index in [1.54, 1.807) is 18.3 Å². The molecule has 1 heterocycles. The third kappa shape index (κ3) is 4.92. The second-order valence-corrected chi connectivity index (χ2v) is 7.16. The van der Waals surface area contributed by atoms with E-state index >= 15 is 0 Å². The maximum atomic E-state index is 12.0. The Hall–Kier alpha value is -2.14. The van der Waals surface area contributed by atoms with Gasteiger partial charge in [-0.25, -0.2) is 4.98 Å². The van der Waals surface area contributed by atoms with Crippen LogP contribution in [0, 0.1) is 0 Å². The quantitative estimate of drug-likeness (QED) is 0.570. The summed E-state index contributed by atoms with van der Waals surface area (Å²) >= 11 is 13.7. The van der Waals surface area contributed by atoms with Crippen molar-refractivity contribution in [3.8, 4) is 0 Å². The van der Waals surface area contributed by atoms with E-state index in [2.05, 4.69) is 10.3 Å². The Balaban J connectivity index is 1.62. The number of hydrogen-bond acceptors (Lipinski definition) is 3. The minimum absolute atomic E-state index is 0.217. The minimum Gasteiger partial charge on any atom is -0.298 e. The molecule has 0 atom stereocenters. The maximum absolute atomic E-state index is 12.0. The maximum Gasteiger partial charge on any atom is 0.250 e. The molecule has 0 bridgehead atoms. The molecule has 3 aromatic rings. The lowest BCUT2D eigenvalue weighted by atomic mass is 10.1. The van der Waals surface area contributed by atoms with Crippen LogP contribution in [0.5, 0.6) is 0 Å². The molecule has 0 radical (unpaired) electrons. The summed E-state index contributed by atoms with van der Waals surface area (Å²) in [6.45, 7) is 0. The van der Waals surface area contributed by atoms with Gasteiger partial charge in [0.15, 0.2) is 5.13 Å². The molecule has 1 aromatic heterocycles. The fraction of sp³-hybridized carbons (Fsp3) is 0.0526. The van der Waals surface area contributed by atoms with Gasteiger partial charge in [-0.2, -0.15) is 0 Å². The highest BCUT2D eigenvalue weighted by atomic mass is 35.5. The van der Waals surface area contributed by atoms with Crippen molar-refractivity contribution in [2.45, 2.75) is 6.42 Å². The third-order valence-electron chi connectivity index (χ3n) is 3.41. The van der Waals surface area contributed by atoms with E-state index in [4.69, 9.17) is 23.2 Å². The summed E-state index contributed by atoms with van der Waals surface area (Å²) in [5.41, 5.74) is 1.90. The van der Waals surface area contributed by atoms with Gasteiger partial charge in [0, 0.05) is 23.6 Å². The summed E-state index contributed by atoms with van der Waals surface area (Å²) in [6.07, 6.45) is 5.60. The van der Waals surface area contributed by atoms with Crippen LogP contribution in [0.15, 0.2) is 60.8 Å². The van der Waals surface area contributed by atoms with Crippen molar-refractivity contribution >= 4 is 51.7 Å². The lowest BCUT2D eigenvalue weighted by Gasteiger charge is -2.03. The molecule has 2 aromatic carbocycles. The summed E-state index contributed by atoms with van der Waals surface area (Å²) in [5, 5.41) is 4.40. The van der Waals surface area contributed by atoms with Gasteiger partial charge in [-0.1, -0.05) is 65.7 Å². The molecule has 3 rings (SSSR count). The Morgan fingerprint density at radius 1 is 1.12 bits per heavy atom. The minimum atomic E-state index is -0.217. The van der Waals surface area contributed by atoms with Crippen LogP contribution in [0.1, 0.15) is 16.0 Å². The second kappa shape index (κ2) is 8.30. The summed E-state index contributed by atoms with van der Waals surface area (Å²) < 4.78 is 0. The molecular formula is C19H14Cl2N2OS. The number of halogens is 2. The first-order valence-corrected chi connectivity index (χ1v) is 9.11. The number of carbonyl (C=O) groups excluding carboxylic acids is 1. The van der Waals surface area contributed by atoms with Crippen molar-refractivity contribution in [2.24, 2.45) is 0 Å². The fourth-order valence-corrected chi connectivity index (χ4v) is 3.43. The number of thiazole rings is 1. The van der Waals surface area contributed by atoms with Crippen molar-refractivity contribution < 1.29 is 4.79 Å². The molecule has 0 aliphatic rings. The van der Waals surface area contributed by atoms with Gasteiger partial charge in [0.2, 0.25) is 5.91 Å². The van der Waals surface area contributed by atoms with Crippen LogP contribution >= 0.6 is 34.5 Å². The number of amides is 1. The normalized spacial score (nSPS) is 11.0. The van der Waals surface area contributed by atoms with Gasteiger partial charge in [-0.15, -0.1) is 11.3 Å². The van der Waals surface area contributed by atoms with Crippen LogP contribution in [0.25, 0.3) is 6.08 Å². The molecule has 6 heteroatoms. The van der Waals surface area contributed by atoms with Crippen molar-refractivity contribution in [1.82, 2.24) is 4.98 Å². The van der Waals surface area contributed by atoms with Crippen LogP contribution < -0.4 is 5.32 Å². The lowest BCUT2D eigenvalue weighted by Crippen LogP contribution is -2.06. The van der Waals surface area contributed by atoms with Gasteiger partial charge in [-0.05, 0) is 23.3 Å². The van der Waals surface area contributed by atoms with Crippen LogP contribution in [0.4, 0.5) is 5.13 Å². The second-order valence-electron chi connectivity index (χ2n) is 5.25. The average Bonchev–Trinajstić information content (AvgIpc) is 3.05. The average molecular weight is 389 g/mol. The third-order valence-corrected chi connectivity index (χ3v) is 5.18. The predicted octanol–water partition coefficient (Wildman–Crippen LogP) is 5.69. The van der Waals surface area contributed by atoms with Crippen molar-refractivity contribution in [3.63, 3.8) is 0 Å². The molecule has 0 unspecified atom stereocenters. The molecule has 0 saturated heterocycles. The SMILES string of the molecule is O=C(C=Cc1ccccc1)Nc1ncc(Cc2cccc(Cl)c2Cl)s1. The van der Waals surface area contributed by atoms with Gasteiger partial charge >= 0.3 is 0 Å². The van der Waals surface area contributed by atoms with E-state index in [1.807, 2.05) is 42.5 Å². The highest BCUT2D eigenvalue weighted by Crippen LogP contribution is 2.29. The number of nitrogens with zero attached hydrogens (tertiary/aromatic N) is 1. The molecule has 126 valence electrons. The number of benzene rings is 2. The molecule has 1 amide bonds. The summed E-state index contributed by atoms with van der Waals surface area (Å²) in [6, 6.07) is 15.2. The number of carbonyl (C=O) groups is 1. The van der Waals surface area contributed by atoms with Crippen molar-refractivity contribution in [1.29, 1.82) is 0 Å². The van der Waals surface area contributed by atoms with Crippen LogP contribution in [-0.2, 0) is 11.2 Å². The van der Waals surface area contributed by atoms with Gasteiger partial charge in [0.1, 0.15) is 0 Å². The lowest BCUT2D eigenvalue weighted by molar-refractivity contribution is -0.111. The molecule has 0 aliphatic heterocycles. The topological polar surface area (TPSA) is 42.0 Å². The fourth-order valence-electron chi connectivity index (χ4n) is 2.20. The van der Waals surface area contributed by atoms with E-state index in [9.17, 15) is 4.79 Å². The van der Waals surface area contributed by atoms with Crippen LogP contribution in [-0.4, -0.2) is 10.9 Å². The molecule has 0 fully saturated rings. The van der Waals surface area contributed by atoms with Gasteiger partial charge in [-0.3, -0.25) is 10.1 Å². The first-order chi connectivity index (χ1) is 12.1. The Morgan fingerprint density at radius 2 is 1.92 bits per heavy atom. The zero-order valence-corrected chi connectivity index (χ0v) is 15.4. The molecule has 0 spiro atoms. The first-order valence-electron chi connectivity index (χ1n) is 7.53. The molecule has 0 saturated carbocycles. The predicted molar refractivity (Wildman–Crippen MR) is 105 cm³/mol. The zero-order valence-electron chi connectivity index (χ0n) is 13.1. The number of hydrogen-bond donors (Lipinski definition) is 1. The first kappa shape index (κ1) is 17.7. The molecule has 25 heavy (non-hydrogen) atoms. The Labute approximate surface area is 159 Å². The standard InChI is InChI=1S/C19H14Cl2N2OS/c20-16-8-4-7-14(18(16)21)11-15-12-22-19(25-15)23-17(24)10-9-13-5-2-1-3-6-13/h1-10,12H,11H2,(H,22,23,24). The summed E-state index contributed by atoms with van der Waals surface area (Å²) in [7, 11) is 0. The number of rotatable bonds is 5. The van der Waals surface area contributed by atoms with Crippen LogP contribution in [0.3, 0.4) is 0 Å². The monoisotopic (exact) mass is 388 g/mol. The summed E-state index contributed by atoms with van der Waals surface area (Å²) in [4.78, 5) is 17.2. The number of aromatic nitrogens is 1. The van der Waals surface area contributed by atoms with Crippen molar-refractivity contribution in [3.05, 3.63) is 86.9 Å². The van der Waals surface area contributed by atoms with Crippen molar-refractivity contribution in [2.75, 3.05) is 5.32 Å². The molecule has 1 N–H and O–H groups in total. The van der Waals surface area contributed by atoms with Gasteiger partial charge in [0.25, 0.3) is 0 Å². The van der Waals surface area contributed by atoms with E-state index in [1.165, 1.54) is 17.4 Å². The Bertz CT molecular complexity index is 907. The molecule has 3 nitrogen and oxygen atoms in total. The summed E-state index contributed by atoms with van der Waals surface area (Å²) in [5.74, 6) is -0.217. The van der Waals surface area contributed by atoms with E-state index < -0.39 is 0 Å².